The number of hydrogen-bond acceptors (Lipinski definition) is 3. The van der Waals surface area contributed by atoms with E-state index >= 15 is 0 Å². The maximum Gasteiger partial charge on any atom is 0.311 e. The van der Waals surface area contributed by atoms with Crippen LogP contribution in [0.4, 0.5) is 0 Å². The number of rotatable bonds is 4. The fourth-order valence-electron chi connectivity index (χ4n) is 3.71. The third-order valence-electron chi connectivity index (χ3n) is 5.35. The second kappa shape index (κ2) is 5.80. The van der Waals surface area contributed by atoms with Crippen LogP contribution in [0.2, 0.25) is 0 Å². The molecule has 2 rings (SSSR count). The SMILES string of the molecule is COC1CCC(N2CCC(C(=O)O)(C(C)C)C2)CC1. The molecule has 1 unspecified atom stereocenters. The first-order valence-electron chi connectivity index (χ1n) is 7.50. The molecule has 1 aliphatic carbocycles. The summed E-state index contributed by atoms with van der Waals surface area (Å²) in [5.74, 6) is -0.416. The molecule has 4 heteroatoms. The van der Waals surface area contributed by atoms with Crippen LogP contribution >= 0.6 is 0 Å². The van der Waals surface area contributed by atoms with Gasteiger partial charge in [-0.05, 0) is 44.6 Å². The van der Waals surface area contributed by atoms with Gasteiger partial charge in [-0.15, -0.1) is 0 Å². The van der Waals surface area contributed by atoms with Gasteiger partial charge in [0.1, 0.15) is 0 Å². The molecule has 1 saturated carbocycles. The summed E-state index contributed by atoms with van der Waals surface area (Å²) in [6, 6.07) is 0.561. The lowest BCUT2D eigenvalue weighted by Crippen LogP contribution is -2.43. The lowest BCUT2D eigenvalue weighted by atomic mass is 9.76. The Bertz CT molecular complexity index is 323. The van der Waals surface area contributed by atoms with Crippen molar-refractivity contribution in [3.8, 4) is 0 Å². The van der Waals surface area contributed by atoms with E-state index in [4.69, 9.17) is 4.74 Å². The first kappa shape index (κ1) is 14.8. The third kappa shape index (κ3) is 2.79. The van der Waals surface area contributed by atoms with E-state index < -0.39 is 11.4 Å². The van der Waals surface area contributed by atoms with Crippen molar-refractivity contribution in [1.82, 2.24) is 4.90 Å². The second-order valence-corrected chi connectivity index (χ2v) is 6.50. The van der Waals surface area contributed by atoms with Crippen LogP contribution in [-0.2, 0) is 9.53 Å². The van der Waals surface area contributed by atoms with Crippen LogP contribution in [0.1, 0.15) is 46.0 Å². The van der Waals surface area contributed by atoms with E-state index in [1.165, 1.54) is 0 Å². The van der Waals surface area contributed by atoms with Crippen molar-refractivity contribution in [3.05, 3.63) is 0 Å². The van der Waals surface area contributed by atoms with Crippen LogP contribution in [0.3, 0.4) is 0 Å². The van der Waals surface area contributed by atoms with E-state index in [0.29, 0.717) is 12.1 Å². The monoisotopic (exact) mass is 269 g/mol. The highest BCUT2D eigenvalue weighted by molar-refractivity contribution is 5.75. The molecule has 0 amide bonds. The van der Waals surface area contributed by atoms with Gasteiger partial charge in [-0.25, -0.2) is 0 Å². The Hall–Kier alpha value is -0.610. The number of likely N-dealkylation sites (tertiary alicyclic amines) is 1. The van der Waals surface area contributed by atoms with E-state index in [9.17, 15) is 9.90 Å². The van der Waals surface area contributed by atoms with Crippen molar-refractivity contribution in [3.63, 3.8) is 0 Å². The molecule has 0 aromatic rings. The molecular formula is C15H27NO3. The molecule has 0 radical (unpaired) electrons. The van der Waals surface area contributed by atoms with Crippen molar-refractivity contribution in [2.24, 2.45) is 11.3 Å². The Kier molecular flexibility index (Phi) is 4.51. The van der Waals surface area contributed by atoms with Crippen LogP contribution in [-0.4, -0.2) is 48.3 Å². The highest BCUT2D eigenvalue weighted by Gasteiger charge is 2.48. The van der Waals surface area contributed by atoms with Gasteiger partial charge in [0.15, 0.2) is 0 Å². The number of carbonyl (C=O) groups is 1. The predicted octanol–water partition coefficient (Wildman–Crippen LogP) is 2.38. The van der Waals surface area contributed by atoms with E-state index in [1.807, 2.05) is 13.8 Å². The van der Waals surface area contributed by atoms with E-state index in [1.54, 1.807) is 7.11 Å². The minimum Gasteiger partial charge on any atom is -0.481 e. The lowest BCUT2D eigenvalue weighted by molar-refractivity contribution is -0.151. The number of carboxylic acid groups (broad SMARTS) is 1. The van der Waals surface area contributed by atoms with Gasteiger partial charge in [-0.1, -0.05) is 13.8 Å². The second-order valence-electron chi connectivity index (χ2n) is 6.50. The van der Waals surface area contributed by atoms with E-state index in [0.717, 1.165) is 45.2 Å². The standard InChI is InChI=1S/C15H27NO3/c1-11(2)15(14(17)18)8-9-16(10-15)12-4-6-13(19-3)7-5-12/h11-13H,4-10H2,1-3H3,(H,17,18). The molecule has 1 saturated heterocycles. The molecule has 1 atom stereocenters. The van der Waals surface area contributed by atoms with Crippen LogP contribution < -0.4 is 0 Å². The van der Waals surface area contributed by atoms with Gasteiger partial charge in [-0.2, -0.15) is 0 Å². The summed E-state index contributed by atoms with van der Waals surface area (Å²) >= 11 is 0. The van der Waals surface area contributed by atoms with Crippen molar-refractivity contribution in [2.75, 3.05) is 20.2 Å². The van der Waals surface area contributed by atoms with Gasteiger partial charge in [0.05, 0.1) is 11.5 Å². The minimum absolute atomic E-state index is 0.199. The molecule has 0 aromatic heterocycles. The molecule has 1 aliphatic heterocycles. The quantitative estimate of drug-likeness (QED) is 0.851. The summed E-state index contributed by atoms with van der Waals surface area (Å²) in [6.07, 6.45) is 5.72. The average molecular weight is 269 g/mol. The fraction of sp³-hybridized carbons (Fsp3) is 0.933. The Balaban J connectivity index is 1.96. The number of hydrogen-bond donors (Lipinski definition) is 1. The zero-order valence-corrected chi connectivity index (χ0v) is 12.4. The third-order valence-corrected chi connectivity index (χ3v) is 5.35. The van der Waals surface area contributed by atoms with E-state index in [-0.39, 0.29) is 5.92 Å². The maximum atomic E-state index is 11.6. The maximum absolute atomic E-state index is 11.6. The van der Waals surface area contributed by atoms with Gasteiger partial charge in [0.25, 0.3) is 0 Å². The highest BCUT2D eigenvalue weighted by Crippen LogP contribution is 2.40. The summed E-state index contributed by atoms with van der Waals surface area (Å²) in [5.41, 5.74) is -0.530. The molecule has 1 heterocycles. The Labute approximate surface area is 116 Å². The van der Waals surface area contributed by atoms with Gasteiger partial charge in [0, 0.05) is 19.7 Å². The average Bonchev–Trinajstić information content (AvgIpc) is 2.85. The lowest BCUT2D eigenvalue weighted by Gasteiger charge is -2.36. The molecule has 1 N–H and O–H groups in total. The van der Waals surface area contributed by atoms with Crippen LogP contribution in [0.25, 0.3) is 0 Å². The molecular weight excluding hydrogens is 242 g/mol. The largest absolute Gasteiger partial charge is 0.481 e. The van der Waals surface area contributed by atoms with Gasteiger partial charge in [-0.3, -0.25) is 9.69 Å². The minimum atomic E-state index is -0.615. The molecule has 19 heavy (non-hydrogen) atoms. The normalized spacial score (nSPS) is 36.8. The molecule has 0 spiro atoms. The molecule has 110 valence electrons. The molecule has 0 aromatic carbocycles. The first-order valence-corrected chi connectivity index (χ1v) is 7.50. The summed E-state index contributed by atoms with van der Waals surface area (Å²) in [4.78, 5) is 14.1. The number of methoxy groups -OCH3 is 1. The zero-order valence-electron chi connectivity index (χ0n) is 12.4. The molecule has 2 fully saturated rings. The fourth-order valence-corrected chi connectivity index (χ4v) is 3.71. The Morgan fingerprint density at radius 3 is 2.37 bits per heavy atom. The van der Waals surface area contributed by atoms with Crippen molar-refractivity contribution in [1.29, 1.82) is 0 Å². The zero-order chi connectivity index (χ0) is 14.0. The number of nitrogens with zero attached hydrogens (tertiary/aromatic N) is 1. The van der Waals surface area contributed by atoms with Crippen molar-refractivity contribution in [2.45, 2.75) is 58.1 Å². The Morgan fingerprint density at radius 1 is 1.32 bits per heavy atom. The Morgan fingerprint density at radius 2 is 1.95 bits per heavy atom. The number of aliphatic carboxylic acids is 1. The van der Waals surface area contributed by atoms with Gasteiger partial charge in [0.2, 0.25) is 0 Å². The molecule has 2 aliphatic rings. The number of ether oxygens (including phenoxy) is 1. The predicted molar refractivity (Wildman–Crippen MR) is 74.1 cm³/mol. The van der Waals surface area contributed by atoms with Gasteiger partial charge >= 0.3 is 5.97 Å². The first-order chi connectivity index (χ1) is 8.99. The van der Waals surface area contributed by atoms with Crippen molar-refractivity contribution < 1.29 is 14.6 Å². The summed E-state index contributed by atoms with van der Waals surface area (Å²) in [7, 11) is 1.79. The highest BCUT2D eigenvalue weighted by atomic mass is 16.5. The smallest absolute Gasteiger partial charge is 0.311 e. The van der Waals surface area contributed by atoms with E-state index in [2.05, 4.69) is 4.90 Å². The summed E-state index contributed by atoms with van der Waals surface area (Å²) < 4.78 is 5.41. The van der Waals surface area contributed by atoms with Crippen LogP contribution in [0.5, 0.6) is 0 Å². The van der Waals surface area contributed by atoms with Crippen molar-refractivity contribution >= 4 is 5.97 Å². The van der Waals surface area contributed by atoms with Crippen LogP contribution in [0.15, 0.2) is 0 Å². The number of carboxylic acids is 1. The summed E-state index contributed by atoms with van der Waals surface area (Å²) in [5, 5.41) is 9.58. The molecule has 0 bridgehead atoms. The topological polar surface area (TPSA) is 49.8 Å². The van der Waals surface area contributed by atoms with Gasteiger partial charge < -0.3 is 9.84 Å². The molecule has 4 nitrogen and oxygen atoms in total. The summed E-state index contributed by atoms with van der Waals surface area (Å²) in [6.45, 7) is 5.74. The van der Waals surface area contributed by atoms with Crippen LogP contribution in [0, 0.1) is 11.3 Å².